The molecule has 2 heterocycles. The Bertz CT molecular complexity index is 791. The van der Waals surface area contributed by atoms with Gasteiger partial charge in [0.15, 0.2) is 0 Å². The summed E-state index contributed by atoms with van der Waals surface area (Å²) < 4.78 is 0. The molecule has 0 spiro atoms. The average molecular weight is 359 g/mol. The zero-order valence-electron chi connectivity index (χ0n) is 13.4. The fraction of sp³-hybridized carbons (Fsp3) is 0.294. The number of amides is 2. The van der Waals surface area contributed by atoms with E-state index in [0.717, 1.165) is 12.8 Å². The van der Waals surface area contributed by atoms with Crippen LogP contribution in [-0.2, 0) is 4.79 Å². The number of hydrogen-bond donors (Lipinski definition) is 1. The first-order valence-electron chi connectivity index (χ1n) is 7.96. The molecule has 2 aromatic rings. The maximum atomic E-state index is 12.7. The molecule has 8 heteroatoms. The Labute approximate surface area is 148 Å². The number of nitro groups is 1. The third-order valence-electron chi connectivity index (χ3n) is 4.12. The number of carbonyl (C=O) groups excluding carboxylic acids is 2. The lowest BCUT2D eigenvalue weighted by Gasteiger charge is -2.34. The molecular formula is C17H17N3O4S. The second-order valence-corrected chi connectivity index (χ2v) is 6.73. The Balaban J connectivity index is 1.76. The van der Waals surface area contributed by atoms with Crippen LogP contribution < -0.4 is 5.32 Å². The quantitative estimate of drug-likeness (QED) is 0.670. The van der Waals surface area contributed by atoms with Crippen LogP contribution in [0.4, 0.5) is 11.4 Å². The monoisotopic (exact) mass is 359 g/mol. The van der Waals surface area contributed by atoms with Gasteiger partial charge in [0.2, 0.25) is 5.91 Å². The van der Waals surface area contributed by atoms with Gasteiger partial charge in [0.1, 0.15) is 6.04 Å². The van der Waals surface area contributed by atoms with Crippen molar-refractivity contribution in [2.24, 2.45) is 0 Å². The van der Waals surface area contributed by atoms with Gasteiger partial charge in [-0.1, -0.05) is 12.1 Å². The van der Waals surface area contributed by atoms with E-state index in [1.165, 1.54) is 29.5 Å². The molecule has 7 nitrogen and oxygen atoms in total. The van der Waals surface area contributed by atoms with Gasteiger partial charge in [-0.15, -0.1) is 11.3 Å². The van der Waals surface area contributed by atoms with E-state index in [1.807, 2.05) is 5.38 Å². The number of carbonyl (C=O) groups is 2. The first kappa shape index (κ1) is 17.1. The van der Waals surface area contributed by atoms with E-state index < -0.39 is 11.0 Å². The maximum Gasteiger partial charge on any atom is 0.271 e. The number of likely N-dealkylation sites (tertiary alicyclic amines) is 1. The molecular weight excluding hydrogens is 342 g/mol. The molecule has 1 atom stereocenters. The number of nitrogens with one attached hydrogen (secondary N) is 1. The lowest BCUT2D eigenvalue weighted by Crippen LogP contribution is -2.49. The normalized spacial score (nSPS) is 17.1. The molecule has 130 valence electrons. The Hall–Kier alpha value is -2.74. The molecule has 0 unspecified atom stereocenters. The summed E-state index contributed by atoms with van der Waals surface area (Å²) in [7, 11) is 0. The van der Waals surface area contributed by atoms with Gasteiger partial charge in [0, 0.05) is 24.4 Å². The minimum atomic E-state index is -0.567. The van der Waals surface area contributed by atoms with E-state index in [9.17, 15) is 19.7 Å². The smallest absolute Gasteiger partial charge is 0.271 e. The summed E-state index contributed by atoms with van der Waals surface area (Å²) in [5.41, 5.74) is 0.265. The van der Waals surface area contributed by atoms with Gasteiger partial charge in [0.05, 0.1) is 9.80 Å². The third kappa shape index (κ3) is 3.85. The molecule has 1 saturated heterocycles. The molecule has 1 aromatic carbocycles. The van der Waals surface area contributed by atoms with Crippen molar-refractivity contribution in [3.63, 3.8) is 0 Å². The van der Waals surface area contributed by atoms with Crippen LogP contribution >= 0.6 is 11.3 Å². The van der Waals surface area contributed by atoms with Crippen molar-refractivity contribution in [1.29, 1.82) is 0 Å². The number of non-ortho nitro benzene ring substituents is 1. The summed E-state index contributed by atoms with van der Waals surface area (Å²) in [6, 6.07) is 8.77. The van der Waals surface area contributed by atoms with Crippen LogP contribution in [0, 0.1) is 10.1 Å². The number of rotatable bonds is 4. The van der Waals surface area contributed by atoms with E-state index in [0.29, 0.717) is 23.5 Å². The van der Waals surface area contributed by atoms with E-state index >= 15 is 0 Å². The number of nitrogens with zero attached hydrogens (tertiary/aromatic N) is 2. The summed E-state index contributed by atoms with van der Waals surface area (Å²) in [5, 5.41) is 15.4. The highest BCUT2D eigenvalue weighted by Gasteiger charge is 2.33. The van der Waals surface area contributed by atoms with Crippen molar-refractivity contribution in [2.45, 2.75) is 25.3 Å². The number of hydrogen-bond acceptors (Lipinski definition) is 5. The number of benzene rings is 1. The van der Waals surface area contributed by atoms with E-state index in [4.69, 9.17) is 0 Å². The van der Waals surface area contributed by atoms with E-state index in [1.54, 1.807) is 23.1 Å². The number of nitro benzene ring substituents is 1. The summed E-state index contributed by atoms with van der Waals surface area (Å²) in [4.78, 5) is 37.8. The van der Waals surface area contributed by atoms with Crippen molar-refractivity contribution >= 4 is 34.5 Å². The van der Waals surface area contributed by atoms with Crippen LogP contribution in [-0.4, -0.2) is 34.2 Å². The van der Waals surface area contributed by atoms with Crippen molar-refractivity contribution in [3.8, 4) is 0 Å². The van der Waals surface area contributed by atoms with Crippen LogP contribution in [0.5, 0.6) is 0 Å². The summed E-state index contributed by atoms with van der Waals surface area (Å²) >= 11 is 1.35. The summed E-state index contributed by atoms with van der Waals surface area (Å²) in [6.07, 6.45) is 2.30. The number of piperidine rings is 1. The molecule has 0 bridgehead atoms. The van der Waals surface area contributed by atoms with Gasteiger partial charge < -0.3 is 10.2 Å². The van der Waals surface area contributed by atoms with E-state index in [2.05, 4.69) is 5.32 Å². The number of thiophene rings is 1. The topological polar surface area (TPSA) is 92.5 Å². The van der Waals surface area contributed by atoms with Crippen LogP contribution in [0.25, 0.3) is 0 Å². The molecule has 1 fully saturated rings. The highest BCUT2D eigenvalue weighted by molar-refractivity contribution is 7.12. The maximum absolute atomic E-state index is 12.7. The Morgan fingerprint density at radius 1 is 1.24 bits per heavy atom. The second-order valence-electron chi connectivity index (χ2n) is 5.78. The molecule has 0 radical (unpaired) electrons. The average Bonchev–Trinajstić information content (AvgIpc) is 3.16. The van der Waals surface area contributed by atoms with Gasteiger partial charge in [0.25, 0.3) is 11.6 Å². The SMILES string of the molecule is O=C(Nc1cccc([N+](=O)[O-])c1)[C@H]1CCCCN1C(=O)c1cccs1. The first-order valence-corrected chi connectivity index (χ1v) is 8.84. The molecule has 2 amide bonds. The standard InChI is InChI=1S/C17H17N3O4S/c21-16(18-12-5-3-6-13(11-12)20(23)24)14-7-1-2-9-19(14)17(22)15-8-4-10-25-15/h3-6,8,10-11,14H,1-2,7,9H2,(H,18,21)/t14-/m1/s1. The lowest BCUT2D eigenvalue weighted by molar-refractivity contribution is -0.384. The predicted molar refractivity (Wildman–Crippen MR) is 94.7 cm³/mol. The zero-order chi connectivity index (χ0) is 17.8. The number of anilines is 1. The molecule has 3 rings (SSSR count). The van der Waals surface area contributed by atoms with Gasteiger partial charge >= 0.3 is 0 Å². The summed E-state index contributed by atoms with van der Waals surface area (Å²) in [5.74, 6) is -0.459. The van der Waals surface area contributed by atoms with Gasteiger partial charge in [-0.2, -0.15) is 0 Å². The van der Waals surface area contributed by atoms with Crippen molar-refractivity contribution in [1.82, 2.24) is 4.90 Å². The van der Waals surface area contributed by atoms with Crippen molar-refractivity contribution in [2.75, 3.05) is 11.9 Å². The van der Waals surface area contributed by atoms with Crippen molar-refractivity contribution in [3.05, 3.63) is 56.8 Å². The molecule has 0 aliphatic carbocycles. The van der Waals surface area contributed by atoms with Gasteiger partial charge in [-0.25, -0.2) is 0 Å². The highest BCUT2D eigenvalue weighted by atomic mass is 32.1. The minimum absolute atomic E-state index is 0.0898. The lowest BCUT2D eigenvalue weighted by atomic mass is 10.0. The summed E-state index contributed by atoms with van der Waals surface area (Å²) in [6.45, 7) is 0.532. The van der Waals surface area contributed by atoms with Crippen LogP contribution in [0.1, 0.15) is 28.9 Å². The van der Waals surface area contributed by atoms with Crippen LogP contribution in [0.2, 0.25) is 0 Å². The highest BCUT2D eigenvalue weighted by Crippen LogP contribution is 2.24. The Kier molecular flexibility index (Phi) is 5.08. The van der Waals surface area contributed by atoms with E-state index in [-0.39, 0.29) is 17.5 Å². The Morgan fingerprint density at radius 3 is 2.80 bits per heavy atom. The molecule has 25 heavy (non-hydrogen) atoms. The fourth-order valence-corrected chi connectivity index (χ4v) is 3.59. The molecule has 1 aliphatic heterocycles. The first-order chi connectivity index (χ1) is 12.1. The second kappa shape index (κ2) is 7.43. The molecule has 0 saturated carbocycles. The van der Waals surface area contributed by atoms with Crippen molar-refractivity contribution < 1.29 is 14.5 Å². The molecule has 1 aromatic heterocycles. The minimum Gasteiger partial charge on any atom is -0.326 e. The largest absolute Gasteiger partial charge is 0.326 e. The fourth-order valence-electron chi connectivity index (χ4n) is 2.91. The Morgan fingerprint density at radius 2 is 2.08 bits per heavy atom. The predicted octanol–water partition coefficient (Wildman–Crippen LogP) is 3.29. The third-order valence-corrected chi connectivity index (χ3v) is 4.98. The molecule has 1 aliphatic rings. The van der Waals surface area contributed by atoms with Crippen LogP contribution in [0.15, 0.2) is 41.8 Å². The molecule has 1 N–H and O–H groups in total. The zero-order valence-corrected chi connectivity index (χ0v) is 14.2. The van der Waals surface area contributed by atoms with Gasteiger partial charge in [-0.05, 0) is 36.8 Å². The van der Waals surface area contributed by atoms with Gasteiger partial charge in [-0.3, -0.25) is 19.7 Å². The van der Waals surface area contributed by atoms with Crippen LogP contribution in [0.3, 0.4) is 0 Å².